The van der Waals surface area contributed by atoms with Gasteiger partial charge in [-0.2, -0.15) is 0 Å². The molecular formula is C10H18N2O. The Bertz CT molecular complexity index is 201. The fourth-order valence-corrected chi connectivity index (χ4v) is 1.97. The monoisotopic (exact) mass is 182 g/mol. The predicted molar refractivity (Wildman–Crippen MR) is 51.1 cm³/mol. The molecule has 3 N–H and O–H groups in total. The molecule has 0 bridgehead atoms. The first kappa shape index (κ1) is 9.00. The van der Waals surface area contributed by atoms with Gasteiger partial charge in [0.1, 0.15) is 0 Å². The lowest BCUT2D eigenvalue weighted by Gasteiger charge is -2.09. The average molecular weight is 182 g/mol. The molecule has 0 spiro atoms. The van der Waals surface area contributed by atoms with E-state index in [1.54, 1.807) is 0 Å². The molecule has 0 aliphatic heterocycles. The van der Waals surface area contributed by atoms with E-state index in [0.29, 0.717) is 0 Å². The molecule has 0 saturated heterocycles. The maximum absolute atomic E-state index is 11.6. The lowest BCUT2D eigenvalue weighted by Crippen LogP contribution is -2.31. The second-order valence-corrected chi connectivity index (χ2v) is 4.46. The molecule has 0 radical (unpaired) electrons. The summed E-state index contributed by atoms with van der Waals surface area (Å²) in [6, 6.07) is 0.261. The van der Waals surface area contributed by atoms with Crippen molar-refractivity contribution in [2.45, 2.75) is 38.1 Å². The van der Waals surface area contributed by atoms with Crippen LogP contribution in [0.25, 0.3) is 0 Å². The molecule has 0 aromatic heterocycles. The molecule has 2 atom stereocenters. The van der Waals surface area contributed by atoms with Gasteiger partial charge in [-0.15, -0.1) is 0 Å². The molecule has 0 aromatic carbocycles. The highest BCUT2D eigenvalue weighted by Crippen LogP contribution is 2.28. The minimum absolute atomic E-state index is 0.203. The fraction of sp³-hybridized carbons (Fsp3) is 0.900. The van der Waals surface area contributed by atoms with Gasteiger partial charge in [-0.25, -0.2) is 0 Å². The normalized spacial score (nSPS) is 33.3. The summed E-state index contributed by atoms with van der Waals surface area (Å²) >= 11 is 0. The average Bonchev–Trinajstić information content (AvgIpc) is 2.84. The summed E-state index contributed by atoms with van der Waals surface area (Å²) in [6.45, 7) is 0.893. The maximum Gasteiger partial charge on any atom is 0.223 e. The lowest BCUT2D eigenvalue weighted by molar-refractivity contribution is -0.124. The van der Waals surface area contributed by atoms with Crippen molar-refractivity contribution in [1.29, 1.82) is 0 Å². The Balaban J connectivity index is 1.69. The number of amides is 1. The number of hydrogen-bond acceptors (Lipinski definition) is 2. The summed E-state index contributed by atoms with van der Waals surface area (Å²) in [5, 5.41) is 3.01. The zero-order chi connectivity index (χ0) is 9.26. The van der Waals surface area contributed by atoms with Crippen molar-refractivity contribution in [2.75, 3.05) is 6.54 Å². The zero-order valence-electron chi connectivity index (χ0n) is 7.96. The molecule has 0 unspecified atom stereocenters. The van der Waals surface area contributed by atoms with E-state index in [0.717, 1.165) is 31.7 Å². The molecule has 2 aliphatic rings. The van der Waals surface area contributed by atoms with Crippen LogP contribution in [0, 0.1) is 11.8 Å². The van der Waals surface area contributed by atoms with E-state index in [1.807, 2.05) is 0 Å². The van der Waals surface area contributed by atoms with Crippen molar-refractivity contribution < 1.29 is 4.79 Å². The Morgan fingerprint density at radius 3 is 2.62 bits per heavy atom. The SMILES string of the molecule is N[C@H]1CC[C@@H](C(=O)NCC2CC2)C1. The Morgan fingerprint density at radius 2 is 2.08 bits per heavy atom. The first-order valence-corrected chi connectivity index (χ1v) is 5.29. The zero-order valence-corrected chi connectivity index (χ0v) is 7.96. The van der Waals surface area contributed by atoms with Crippen LogP contribution in [0.4, 0.5) is 0 Å². The quantitative estimate of drug-likeness (QED) is 0.673. The molecular weight excluding hydrogens is 164 g/mol. The van der Waals surface area contributed by atoms with E-state index in [1.165, 1.54) is 12.8 Å². The number of nitrogens with two attached hydrogens (primary N) is 1. The topological polar surface area (TPSA) is 55.1 Å². The molecule has 0 heterocycles. The Morgan fingerprint density at radius 1 is 1.31 bits per heavy atom. The molecule has 13 heavy (non-hydrogen) atoms. The largest absolute Gasteiger partial charge is 0.356 e. The third kappa shape index (κ3) is 2.44. The second-order valence-electron chi connectivity index (χ2n) is 4.46. The maximum atomic E-state index is 11.6. The van der Waals surface area contributed by atoms with Crippen molar-refractivity contribution in [1.82, 2.24) is 5.32 Å². The van der Waals surface area contributed by atoms with Gasteiger partial charge < -0.3 is 11.1 Å². The summed E-state index contributed by atoms with van der Waals surface area (Å²) in [5.41, 5.74) is 5.75. The first-order chi connectivity index (χ1) is 6.25. The van der Waals surface area contributed by atoms with Crippen LogP contribution in [0.5, 0.6) is 0 Å². The van der Waals surface area contributed by atoms with Gasteiger partial charge in [-0.3, -0.25) is 4.79 Å². The van der Waals surface area contributed by atoms with Crippen LogP contribution in [0.1, 0.15) is 32.1 Å². The number of rotatable bonds is 3. The van der Waals surface area contributed by atoms with Gasteiger partial charge in [0, 0.05) is 18.5 Å². The van der Waals surface area contributed by atoms with E-state index >= 15 is 0 Å². The van der Waals surface area contributed by atoms with Crippen LogP contribution in [0.15, 0.2) is 0 Å². The third-order valence-corrected chi connectivity index (χ3v) is 3.11. The lowest BCUT2D eigenvalue weighted by atomic mass is 10.1. The minimum Gasteiger partial charge on any atom is -0.356 e. The van der Waals surface area contributed by atoms with E-state index in [2.05, 4.69) is 5.32 Å². The summed E-state index contributed by atoms with van der Waals surface area (Å²) < 4.78 is 0. The molecule has 1 amide bonds. The van der Waals surface area contributed by atoms with Crippen molar-refractivity contribution in [3.05, 3.63) is 0 Å². The Kier molecular flexibility index (Phi) is 2.54. The number of hydrogen-bond donors (Lipinski definition) is 2. The van der Waals surface area contributed by atoms with Crippen LogP contribution in [-0.4, -0.2) is 18.5 Å². The van der Waals surface area contributed by atoms with Gasteiger partial charge in [-0.1, -0.05) is 0 Å². The fourth-order valence-electron chi connectivity index (χ4n) is 1.97. The standard InChI is InChI=1S/C10H18N2O/c11-9-4-3-8(5-9)10(13)12-6-7-1-2-7/h7-9H,1-6,11H2,(H,12,13)/t8-,9+/m1/s1. The van der Waals surface area contributed by atoms with Gasteiger partial charge >= 0.3 is 0 Å². The molecule has 2 rings (SSSR count). The van der Waals surface area contributed by atoms with E-state index in [9.17, 15) is 4.79 Å². The number of carbonyl (C=O) groups is 1. The highest BCUT2D eigenvalue weighted by atomic mass is 16.1. The molecule has 74 valence electrons. The third-order valence-electron chi connectivity index (χ3n) is 3.11. The number of nitrogens with one attached hydrogen (secondary N) is 1. The van der Waals surface area contributed by atoms with Gasteiger partial charge in [-0.05, 0) is 38.0 Å². The van der Waals surface area contributed by atoms with E-state index < -0.39 is 0 Å². The first-order valence-electron chi connectivity index (χ1n) is 5.29. The molecule has 3 nitrogen and oxygen atoms in total. The molecule has 0 aromatic rings. The van der Waals surface area contributed by atoms with E-state index in [-0.39, 0.29) is 17.9 Å². The van der Waals surface area contributed by atoms with Crippen LogP contribution in [0.2, 0.25) is 0 Å². The van der Waals surface area contributed by atoms with Crippen LogP contribution in [0.3, 0.4) is 0 Å². The molecule has 3 heteroatoms. The van der Waals surface area contributed by atoms with Crippen molar-refractivity contribution in [2.24, 2.45) is 17.6 Å². The summed E-state index contributed by atoms with van der Waals surface area (Å²) in [7, 11) is 0. The van der Waals surface area contributed by atoms with Gasteiger partial charge in [0.15, 0.2) is 0 Å². The van der Waals surface area contributed by atoms with Crippen LogP contribution < -0.4 is 11.1 Å². The second kappa shape index (κ2) is 3.66. The Labute approximate surface area is 79.1 Å². The smallest absolute Gasteiger partial charge is 0.223 e. The van der Waals surface area contributed by atoms with Crippen molar-refractivity contribution in [3.63, 3.8) is 0 Å². The van der Waals surface area contributed by atoms with Crippen LogP contribution >= 0.6 is 0 Å². The van der Waals surface area contributed by atoms with Gasteiger partial charge in [0.2, 0.25) is 5.91 Å². The highest BCUT2D eigenvalue weighted by Gasteiger charge is 2.29. The van der Waals surface area contributed by atoms with E-state index in [4.69, 9.17) is 5.73 Å². The molecule has 2 aliphatic carbocycles. The van der Waals surface area contributed by atoms with Crippen LogP contribution in [-0.2, 0) is 4.79 Å². The Hall–Kier alpha value is -0.570. The summed E-state index contributed by atoms with van der Waals surface area (Å²) in [6.07, 6.45) is 5.48. The van der Waals surface area contributed by atoms with Crippen molar-refractivity contribution >= 4 is 5.91 Å². The van der Waals surface area contributed by atoms with Gasteiger partial charge in [0.05, 0.1) is 0 Å². The summed E-state index contributed by atoms with van der Waals surface area (Å²) in [4.78, 5) is 11.6. The van der Waals surface area contributed by atoms with Crippen molar-refractivity contribution in [3.8, 4) is 0 Å². The molecule has 2 fully saturated rings. The molecule has 2 saturated carbocycles. The number of carbonyl (C=O) groups excluding carboxylic acids is 1. The summed E-state index contributed by atoms with van der Waals surface area (Å²) in [5.74, 6) is 1.22. The minimum atomic E-state index is 0.203. The predicted octanol–water partition coefficient (Wildman–Crippen LogP) is 0.640. The van der Waals surface area contributed by atoms with Gasteiger partial charge in [0.25, 0.3) is 0 Å². The highest BCUT2D eigenvalue weighted by molar-refractivity contribution is 5.79.